The topological polar surface area (TPSA) is 129 Å². The molecule has 0 bridgehead atoms. The number of Topliss-reactive ketones (excluding diaryl/α,β-unsaturated/α-hetero) is 2. The average Bonchev–Trinajstić information content (AvgIpc) is 1.47. The first kappa shape index (κ1) is 102. The molecule has 712 valence electrons. The monoisotopic (exact) mass is 2010 g/mol. The van der Waals surface area contributed by atoms with Crippen LogP contribution in [0.5, 0.6) is 0 Å². The maximum absolute atomic E-state index is 14.7. The van der Waals surface area contributed by atoms with Crippen molar-refractivity contribution in [3.05, 3.63) is 297 Å². The molecular formula is C122H128Cl4N4O2S6. The van der Waals surface area contributed by atoms with E-state index in [1.54, 1.807) is 36.4 Å². The van der Waals surface area contributed by atoms with Crippen LogP contribution in [0.15, 0.2) is 156 Å². The normalized spacial score (nSPS) is 14.4. The molecule has 4 aliphatic rings. The minimum absolute atomic E-state index is 0.163. The molecule has 0 amide bonds. The quantitative estimate of drug-likeness (QED) is 0.0212. The van der Waals surface area contributed by atoms with Gasteiger partial charge in [-0.3, -0.25) is 9.59 Å². The second-order valence-corrected chi connectivity index (χ2v) is 46.8. The molecule has 6 aromatic heterocycles. The lowest BCUT2D eigenvalue weighted by Gasteiger charge is -2.35. The van der Waals surface area contributed by atoms with Gasteiger partial charge in [0.1, 0.15) is 35.4 Å². The highest BCUT2D eigenvalue weighted by atomic mass is 35.5. The second-order valence-electron chi connectivity index (χ2n) is 38.8. The van der Waals surface area contributed by atoms with E-state index < -0.39 is 10.8 Å². The van der Waals surface area contributed by atoms with E-state index in [0.29, 0.717) is 22.3 Å². The lowest BCUT2D eigenvalue weighted by molar-refractivity contribution is 0.103. The van der Waals surface area contributed by atoms with Crippen LogP contribution in [-0.2, 0) is 62.2 Å². The summed E-state index contributed by atoms with van der Waals surface area (Å²) in [6.07, 6.45) is 56.8. The van der Waals surface area contributed by atoms with E-state index in [0.717, 1.165) is 164 Å². The third-order valence-electron chi connectivity index (χ3n) is 28.9. The minimum Gasteiger partial charge on any atom is -0.289 e. The van der Waals surface area contributed by atoms with Gasteiger partial charge in [0.2, 0.25) is 0 Å². The minimum atomic E-state index is -0.836. The zero-order valence-corrected chi connectivity index (χ0v) is 89.6. The zero-order valence-electron chi connectivity index (χ0n) is 81.7. The molecule has 0 aliphatic heterocycles. The van der Waals surface area contributed by atoms with E-state index in [-0.39, 0.29) is 65.1 Å². The number of rotatable bonds is 48. The molecule has 6 heterocycles. The van der Waals surface area contributed by atoms with Crippen molar-refractivity contribution < 1.29 is 9.59 Å². The third-order valence-corrected chi connectivity index (χ3v) is 38.0. The zero-order chi connectivity index (χ0) is 96.7. The number of aryl methyl sites for hydroxylation is 8. The third kappa shape index (κ3) is 20.9. The SMILES string of the molecule is CCCCCCc1cc(CCCCCC)cc(C2(c3cc(CCCCCC)cc(CCCCCC)c3)c3c(sc4cc(/C=C/C=C5\C(=O)c6cc(Cl)c(Cl)cc6C5=C(C#N)C#N)sc34)-c3sc4c5c(sc4c32)-c2sc3cc(/C=C/C=C4\C(=O)c6cc(Cl)c(Cl)cc6C4=C(C#N)C#N)sc3c2C5(c2cc(CCCCCC)cc(CCCCCC)c2)c2cc(CCCCCC)cc(CCCCCC)c2)c1. The number of ketones is 2. The highest BCUT2D eigenvalue weighted by Crippen LogP contribution is 2.73. The molecule has 12 aromatic rings. The van der Waals surface area contributed by atoms with Gasteiger partial charge in [-0.2, -0.15) is 21.0 Å². The summed E-state index contributed by atoms with van der Waals surface area (Å²) < 4.78 is 7.73. The molecule has 6 aromatic carbocycles. The lowest BCUT2D eigenvalue weighted by atomic mass is 9.65. The Morgan fingerprint density at radius 3 is 0.754 bits per heavy atom. The number of fused-ring (bicyclic) bond motifs is 15. The summed E-state index contributed by atoms with van der Waals surface area (Å²) in [6, 6.07) is 51.6. The number of hydrogen-bond acceptors (Lipinski definition) is 12. The second kappa shape index (κ2) is 47.4. The summed E-state index contributed by atoms with van der Waals surface area (Å²) in [5.41, 5.74) is 22.9. The van der Waals surface area contributed by atoms with Gasteiger partial charge in [0.05, 0.1) is 69.2 Å². The Morgan fingerprint density at radius 2 is 0.514 bits per heavy atom. The predicted molar refractivity (Wildman–Crippen MR) is 596 cm³/mol. The van der Waals surface area contributed by atoms with Crippen LogP contribution in [0.3, 0.4) is 0 Å². The van der Waals surface area contributed by atoms with Crippen molar-refractivity contribution in [2.24, 2.45) is 0 Å². The molecule has 4 aliphatic carbocycles. The van der Waals surface area contributed by atoms with Crippen LogP contribution in [-0.4, -0.2) is 11.6 Å². The highest BCUT2D eigenvalue weighted by molar-refractivity contribution is 7.37. The van der Waals surface area contributed by atoms with Crippen LogP contribution in [0, 0.1) is 45.3 Å². The Hall–Kier alpha value is -8.80. The van der Waals surface area contributed by atoms with E-state index in [1.165, 1.54) is 239 Å². The number of nitrogens with zero attached hydrogens (tertiary/aromatic N) is 4. The number of thiophene rings is 6. The van der Waals surface area contributed by atoms with Gasteiger partial charge >= 0.3 is 0 Å². The van der Waals surface area contributed by atoms with Crippen LogP contribution in [0.2, 0.25) is 20.1 Å². The first-order valence-electron chi connectivity index (χ1n) is 51.6. The number of allylic oxidation sites excluding steroid dienone is 10. The largest absolute Gasteiger partial charge is 0.289 e. The van der Waals surface area contributed by atoms with Gasteiger partial charge in [-0.05, 0) is 229 Å². The number of unbranched alkanes of at least 4 members (excludes halogenated alkanes) is 24. The van der Waals surface area contributed by atoms with Crippen LogP contribution in [0.1, 0.15) is 391 Å². The number of hydrogen-bond donors (Lipinski definition) is 0. The van der Waals surface area contributed by atoms with Crippen molar-refractivity contribution in [3.63, 3.8) is 0 Å². The fourth-order valence-electron chi connectivity index (χ4n) is 22.1. The van der Waals surface area contributed by atoms with Gasteiger partial charge in [0, 0.05) is 74.8 Å². The molecule has 6 nitrogen and oxygen atoms in total. The van der Waals surface area contributed by atoms with E-state index >= 15 is 0 Å². The van der Waals surface area contributed by atoms with E-state index in [9.17, 15) is 30.6 Å². The Bertz CT molecular complexity index is 6250. The van der Waals surface area contributed by atoms with Gasteiger partial charge in [0.25, 0.3) is 0 Å². The number of carbonyl (C=O) groups excluding carboxylic acids is 2. The van der Waals surface area contributed by atoms with Crippen molar-refractivity contribution in [2.75, 3.05) is 0 Å². The molecule has 16 heteroatoms. The van der Waals surface area contributed by atoms with Gasteiger partial charge < -0.3 is 0 Å². The van der Waals surface area contributed by atoms with Gasteiger partial charge in [-0.25, -0.2) is 0 Å². The molecule has 0 fully saturated rings. The summed E-state index contributed by atoms with van der Waals surface area (Å²) in [6.45, 7) is 18.6. The molecule has 16 rings (SSSR count). The molecule has 138 heavy (non-hydrogen) atoms. The van der Waals surface area contributed by atoms with E-state index in [2.05, 4.69) is 199 Å². The fraction of sp³-hybridized carbons (Fsp3) is 0.410. The lowest BCUT2D eigenvalue weighted by Crippen LogP contribution is -2.30. The summed E-state index contributed by atoms with van der Waals surface area (Å²) in [7, 11) is 0. The Morgan fingerprint density at radius 1 is 0.283 bits per heavy atom. The average molecular weight is 2020 g/mol. The fourth-order valence-corrected chi connectivity index (χ4v) is 31.5. The van der Waals surface area contributed by atoms with E-state index in [1.807, 2.05) is 57.5 Å². The summed E-state index contributed by atoms with van der Waals surface area (Å²) in [5, 5.41) is 43.0. The highest BCUT2D eigenvalue weighted by Gasteiger charge is 2.57. The van der Waals surface area contributed by atoms with Gasteiger partial charge in [-0.1, -0.05) is 353 Å². The number of benzene rings is 6. The van der Waals surface area contributed by atoms with Crippen LogP contribution >= 0.6 is 114 Å². The number of halogens is 4. The van der Waals surface area contributed by atoms with Crippen molar-refractivity contribution in [3.8, 4) is 43.8 Å². The maximum Gasteiger partial charge on any atom is 0.194 e. The molecule has 0 atom stereocenters. The molecule has 0 N–H and O–H groups in total. The first-order chi connectivity index (χ1) is 67.4. The summed E-state index contributed by atoms with van der Waals surface area (Å²) in [5.74, 6) is -0.632. The predicted octanol–water partition coefficient (Wildman–Crippen LogP) is 39.1. The maximum atomic E-state index is 14.7. The standard InChI is InChI=1S/C122H128Cl4N4O2S6/c1-9-17-25-33-43-77-55-78(44-34-26-18-10-2)60-87(59-77)121(88-61-79(45-35-27-19-11-3)56-80(62-88)46-36-28-20-12-4)107-113-103(67-91(133-113)51-41-53-93-105(85(73-127)74-128)95-69-99(123)101(125)71-97(95)111(93)131)135-115(107)117-109(121)119-120(137-117)110-118(138-119)116-108(114-104(136-116)68-92(134-114)52-42-54-94-106(86(75-129)76-130)96-70-100(124)102(126)72-98(96)112(94)132)122(110,89-63-81(47-37-29-21-13-5)57-82(64-89)48-38-30-22-14-6)90-65-83(49-39-31-23-15-7)58-84(66-90)50-40-32-24-16-8/h41-42,51-72H,9-40,43-50H2,1-8H3/b51-41+,52-42+,93-53-,94-54-. The molecule has 0 saturated carbocycles. The molecule has 0 saturated heterocycles. The van der Waals surface area contributed by atoms with Crippen molar-refractivity contribution in [1.29, 1.82) is 21.0 Å². The summed E-state index contributed by atoms with van der Waals surface area (Å²) >= 11 is 38.4. The van der Waals surface area contributed by atoms with Crippen LogP contribution < -0.4 is 0 Å². The van der Waals surface area contributed by atoms with E-state index in [4.69, 9.17) is 46.4 Å². The number of nitriles is 4. The molecule has 0 unspecified atom stereocenters. The first-order valence-corrected chi connectivity index (χ1v) is 58.0. The van der Waals surface area contributed by atoms with Crippen molar-refractivity contribution >= 4 is 177 Å². The Labute approximate surface area is 864 Å². The Balaban J connectivity index is 1.03. The molecular weight excluding hydrogens is 1890 g/mol. The van der Waals surface area contributed by atoms with Gasteiger partial charge in [0.15, 0.2) is 11.6 Å². The molecule has 0 radical (unpaired) electrons. The molecule has 0 spiro atoms. The van der Waals surface area contributed by atoms with Crippen LogP contribution in [0.4, 0.5) is 0 Å². The van der Waals surface area contributed by atoms with Gasteiger partial charge in [-0.15, -0.1) is 68.0 Å². The Kier molecular flexibility index (Phi) is 35.1. The van der Waals surface area contributed by atoms with Crippen molar-refractivity contribution in [2.45, 2.75) is 323 Å². The van der Waals surface area contributed by atoms with Crippen LogP contribution in [0.25, 0.3) is 71.0 Å². The number of carbonyl (C=O) groups is 2. The van der Waals surface area contributed by atoms with Crippen molar-refractivity contribution in [1.82, 2.24) is 0 Å². The summed E-state index contributed by atoms with van der Waals surface area (Å²) in [4.78, 5) is 36.9. The smallest absolute Gasteiger partial charge is 0.194 e.